The largest absolute Gasteiger partial charge is 0.492 e. The van der Waals surface area contributed by atoms with Crippen LogP contribution in [-0.2, 0) is 14.7 Å². The van der Waals surface area contributed by atoms with Crippen molar-refractivity contribution >= 4 is 22.6 Å². The van der Waals surface area contributed by atoms with Crippen molar-refractivity contribution in [3.05, 3.63) is 30.3 Å². The summed E-state index contributed by atoms with van der Waals surface area (Å²) in [5.41, 5.74) is 0.577. The Morgan fingerprint density at radius 1 is 1.40 bits per heavy atom. The van der Waals surface area contributed by atoms with E-state index in [9.17, 15) is 13.4 Å². The Balaban J connectivity index is 2.41. The van der Waals surface area contributed by atoms with Crippen LogP contribution in [0, 0.1) is 0 Å². The zero-order valence-corrected chi connectivity index (χ0v) is 9.07. The average Bonchev–Trinajstić information content (AvgIpc) is 2.17. The Morgan fingerprint density at radius 3 is 2.53 bits per heavy atom. The van der Waals surface area contributed by atoms with E-state index in [-0.39, 0.29) is 6.73 Å². The van der Waals surface area contributed by atoms with Crippen molar-refractivity contribution in [2.45, 2.75) is 0 Å². The minimum Gasteiger partial charge on any atom is -0.423 e. The SMILES string of the molecule is CS(=O)(=O)NCOB(O)c1ccccc1. The number of benzene rings is 1. The first kappa shape index (κ1) is 12.2. The highest BCUT2D eigenvalue weighted by Gasteiger charge is 2.15. The van der Waals surface area contributed by atoms with E-state index in [2.05, 4.69) is 4.72 Å². The molecule has 0 atom stereocenters. The van der Waals surface area contributed by atoms with Crippen LogP contribution >= 0.6 is 0 Å². The van der Waals surface area contributed by atoms with E-state index in [4.69, 9.17) is 4.65 Å². The third-order valence-corrected chi connectivity index (χ3v) is 2.29. The normalized spacial score (nSPS) is 11.3. The van der Waals surface area contributed by atoms with E-state index in [1.807, 2.05) is 6.07 Å². The molecule has 1 aromatic carbocycles. The van der Waals surface area contributed by atoms with Gasteiger partial charge in [0.1, 0.15) is 0 Å². The van der Waals surface area contributed by atoms with Crippen molar-refractivity contribution in [1.29, 1.82) is 0 Å². The van der Waals surface area contributed by atoms with Gasteiger partial charge in [-0.3, -0.25) is 0 Å². The molecule has 15 heavy (non-hydrogen) atoms. The van der Waals surface area contributed by atoms with Gasteiger partial charge in [-0.05, 0) is 5.46 Å². The maximum atomic E-state index is 10.7. The fourth-order valence-electron chi connectivity index (χ4n) is 0.934. The van der Waals surface area contributed by atoms with Gasteiger partial charge in [0.25, 0.3) is 0 Å². The van der Waals surface area contributed by atoms with Crippen molar-refractivity contribution in [2.75, 3.05) is 13.0 Å². The van der Waals surface area contributed by atoms with Crippen molar-refractivity contribution in [3.8, 4) is 0 Å². The van der Waals surface area contributed by atoms with Crippen LogP contribution in [0.3, 0.4) is 0 Å². The molecule has 0 aliphatic heterocycles. The average molecular weight is 229 g/mol. The molecule has 0 radical (unpaired) electrons. The summed E-state index contributed by atoms with van der Waals surface area (Å²) in [4.78, 5) is 0. The molecule has 1 aromatic rings. The van der Waals surface area contributed by atoms with Gasteiger partial charge in [-0.2, -0.15) is 4.72 Å². The molecule has 0 saturated heterocycles. The Bertz CT molecular complexity index is 394. The summed E-state index contributed by atoms with van der Waals surface area (Å²) in [6, 6.07) is 8.69. The van der Waals surface area contributed by atoms with Gasteiger partial charge in [-0.1, -0.05) is 30.3 Å². The molecule has 0 amide bonds. The van der Waals surface area contributed by atoms with Gasteiger partial charge in [-0.25, -0.2) is 8.42 Å². The van der Waals surface area contributed by atoms with Crippen LogP contribution in [0.1, 0.15) is 0 Å². The fraction of sp³-hybridized carbons (Fsp3) is 0.250. The second kappa shape index (κ2) is 5.27. The lowest BCUT2D eigenvalue weighted by Gasteiger charge is -2.08. The Hall–Kier alpha value is -0.885. The van der Waals surface area contributed by atoms with E-state index < -0.39 is 17.1 Å². The smallest absolute Gasteiger partial charge is 0.423 e. The lowest BCUT2D eigenvalue weighted by atomic mass is 9.80. The zero-order chi connectivity index (χ0) is 11.3. The topological polar surface area (TPSA) is 75.6 Å². The predicted molar refractivity (Wildman–Crippen MR) is 58.0 cm³/mol. The Morgan fingerprint density at radius 2 is 2.00 bits per heavy atom. The second-order valence-corrected chi connectivity index (χ2v) is 4.82. The van der Waals surface area contributed by atoms with E-state index >= 15 is 0 Å². The van der Waals surface area contributed by atoms with Gasteiger partial charge in [0.15, 0.2) is 0 Å². The zero-order valence-electron chi connectivity index (χ0n) is 8.25. The monoisotopic (exact) mass is 229 g/mol. The van der Waals surface area contributed by atoms with Crippen LogP contribution in [0.2, 0.25) is 0 Å². The molecule has 2 N–H and O–H groups in total. The molecule has 0 saturated carbocycles. The molecular formula is C8H12BNO4S. The molecule has 0 aromatic heterocycles. The van der Waals surface area contributed by atoms with Gasteiger partial charge in [-0.15, -0.1) is 0 Å². The van der Waals surface area contributed by atoms with E-state index in [1.54, 1.807) is 24.3 Å². The molecule has 0 fully saturated rings. The van der Waals surface area contributed by atoms with Gasteiger partial charge in [0.2, 0.25) is 10.0 Å². The summed E-state index contributed by atoms with van der Waals surface area (Å²) >= 11 is 0. The van der Waals surface area contributed by atoms with Crippen molar-refractivity contribution < 1.29 is 18.1 Å². The summed E-state index contributed by atoms with van der Waals surface area (Å²) in [6.45, 7) is -0.255. The van der Waals surface area contributed by atoms with E-state index in [1.165, 1.54) is 0 Å². The maximum Gasteiger partial charge on any atom is 0.492 e. The minimum atomic E-state index is -3.29. The van der Waals surface area contributed by atoms with Gasteiger partial charge in [0.05, 0.1) is 13.0 Å². The van der Waals surface area contributed by atoms with Gasteiger partial charge in [0, 0.05) is 0 Å². The molecule has 1 rings (SSSR count). The van der Waals surface area contributed by atoms with E-state index in [0.717, 1.165) is 6.26 Å². The minimum absolute atomic E-state index is 0.255. The molecule has 0 bridgehead atoms. The van der Waals surface area contributed by atoms with Gasteiger partial charge < -0.3 is 9.68 Å². The maximum absolute atomic E-state index is 10.7. The standard InChI is InChI=1S/C8H12BNO4S/c1-15(12,13)10-7-14-9(11)8-5-3-2-4-6-8/h2-6,10-11H,7H2,1H3. The van der Waals surface area contributed by atoms with Crippen LogP contribution < -0.4 is 10.2 Å². The molecule has 0 aliphatic carbocycles. The van der Waals surface area contributed by atoms with Crippen LogP contribution in [-0.4, -0.2) is 33.5 Å². The van der Waals surface area contributed by atoms with Crippen molar-refractivity contribution in [1.82, 2.24) is 4.72 Å². The first-order valence-corrected chi connectivity index (χ1v) is 6.17. The summed E-state index contributed by atoms with van der Waals surface area (Å²) in [5.74, 6) is 0. The predicted octanol–water partition coefficient (Wildman–Crippen LogP) is -1.10. The molecule has 82 valence electrons. The summed E-state index contributed by atoms with van der Waals surface area (Å²) in [7, 11) is -4.41. The molecule has 5 nitrogen and oxygen atoms in total. The number of sulfonamides is 1. The number of hydrogen-bond donors (Lipinski definition) is 2. The Kier molecular flexibility index (Phi) is 4.28. The highest BCUT2D eigenvalue weighted by atomic mass is 32.2. The molecular weight excluding hydrogens is 217 g/mol. The molecule has 0 heterocycles. The lowest BCUT2D eigenvalue weighted by Crippen LogP contribution is -2.37. The third kappa shape index (κ3) is 4.94. The van der Waals surface area contributed by atoms with Crippen molar-refractivity contribution in [3.63, 3.8) is 0 Å². The summed E-state index contributed by atoms with van der Waals surface area (Å²) < 4.78 is 28.3. The van der Waals surface area contributed by atoms with Crippen LogP contribution in [0.25, 0.3) is 0 Å². The van der Waals surface area contributed by atoms with Crippen LogP contribution in [0.4, 0.5) is 0 Å². The molecule has 0 unspecified atom stereocenters. The molecule has 0 spiro atoms. The Labute approximate surface area is 89.3 Å². The summed E-state index contributed by atoms with van der Waals surface area (Å²) in [6.07, 6.45) is 1.02. The quantitative estimate of drug-likeness (QED) is 0.496. The number of rotatable bonds is 5. The van der Waals surface area contributed by atoms with Gasteiger partial charge >= 0.3 is 7.12 Å². The van der Waals surface area contributed by atoms with Crippen molar-refractivity contribution in [2.24, 2.45) is 0 Å². The second-order valence-electron chi connectivity index (χ2n) is 2.99. The fourth-order valence-corrected chi connectivity index (χ4v) is 1.22. The number of nitrogens with one attached hydrogen (secondary N) is 1. The lowest BCUT2D eigenvalue weighted by molar-refractivity contribution is 0.266. The first-order valence-electron chi connectivity index (χ1n) is 4.28. The third-order valence-electron chi connectivity index (χ3n) is 1.65. The van der Waals surface area contributed by atoms with Crippen LogP contribution in [0.5, 0.6) is 0 Å². The number of hydrogen-bond acceptors (Lipinski definition) is 4. The molecule has 7 heteroatoms. The summed E-state index contributed by atoms with van der Waals surface area (Å²) in [5, 5.41) is 9.46. The van der Waals surface area contributed by atoms with E-state index in [0.29, 0.717) is 5.46 Å². The molecule has 0 aliphatic rings. The van der Waals surface area contributed by atoms with Crippen LogP contribution in [0.15, 0.2) is 30.3 Å². The highest BCUT2D eigenvalue weighted by Crippen LogP contribution is 1.87. The first-order chi connectivity index (χ1) is 6.99. The highest BCUT2D eigenvalue weighted by molar-refractivity contribution is 7.88.